The van der Waals surface area contributed by atoms with E-state index in [0.717, 1.165) is 25.3 Å². The lowest BCUT2D eigenvalue weighted by atomic mass is 9.69. The average molecular weight is 470 g/mol. The summed E-state index contributed by atoms with van der Waals surface area (Å²) in [5.41, 5.74) is -3.80. The Kier molecular flexibility index (Phi) is 4.49. The molecule has 0 fully saturated rings. The molecule has 0 aromatic heterocycles. The van der Waals surface area contributed by atoms with Crippen molar-refractivity contribution >= 4 is 0 Å². The first-order chi connectivity index (χ1) is 21.8. The number of benzene rings is 2. The fraction of sp³-hybridized carbons (Fsp3) is 0.519. The summed E-state index contributed by atoms with van der Waals surface area (Å²) in [6, 6.07) is 8.93. The van der Waals surface area contributed by atoms with Gasteiger partial charge in [0.2, 0.25) is 0 Å². The molecule has 2 aromatic rings. The minimum atomic E-state index is -4.11. The van der Waals surface area contributed by atoms with E-state index in [2.05, 4.69) is 0 Å². The molecule has 0 N–H and O–H groups in total. The highest BCUT2D eigenvalue weighted by atomic mass is 16.5. The molecule has 0 radical (unpaired) electrons. The molecule has 0 bridgehead atoms. The highest BCUT2D eigenvalue weighted by Crippen LogP contribution is 2.40. The molecule has 0 spiro atoms. The summed E-state index contributed by atoms with van der Waals surface area (Å²) in [5.74, 6) is -2.55. The maximum atomic E-state index is 10.7. The van der Waals surface area contributed by atoms with Gasteiger partial charge in [-0.1, -0.05) is 25.8 Å². The van der Waals surface area contributed by atoms with E-state index in [1.54, 1.807) is 0 Å². The predicted octanol–water partition coefficient (Wildman–Crippen LogP) is 5.09. The van der Waals surface area contributed by atoms with Gasteiger partial charge in [0, 0.05) is 27.1 Å². The van der Waals surface area contributed by atoms with E-state index in [1.807, 2.05) is 0 Å². The van der Waals surface area contributed by atoms with E-state index in [4.69, 9.17) is 39.5 Å². The predicted molar refractivity (Wildman–Crippen MR) is 132 cm³/mol. The van der Waals surface area contributed by atoms with Crippen LogP contribution in [-0.2, 0) is 11.8 Å². The summed E-state index contributed by atoms with van der Waals surface area (Å²) in [6.45, 7) is -15.3. The Labute approximate surface area is 220 Å². The second-order valence-electron chi connectivity index (χ2n) is 6.88. The standard InChI is InChI=1S/C27H38N2O4/c1-20(2)27(19-28,22-10-12-24(31-5)26(18-22)33-7)14-8-15-29(3)16-13-21-9-11-23(30-4)25(17-21)32-6/h9-12,17-18,20H,8,13-16H2,1-7H3/i1D3,2D3,3D3,8D2,14D2,15D2. The summed E-state index contributed by atoms with van der Waals surface area (Å²) >= 11 is 0. The van der Waals surface area contributed by atoms with Crippen LogP contribution in [0.25, 0.3) is 0 Å². The molecule has 6 heteroatoms. The van der Waals surface area contributed by atoms with Crippen molar-refractivity contribution in [2.45, 2.75) is 38.3 Å². The minimum Gasteiger partial charge on any atom is -0.493 e. The molecular weight excluding hydrogens is 416 g/mol. The van der Waals surface area contributed by atoms with Gasteiger partial charge in [-0.3, -0.25) is 0 Å². The zero-order valence-electron chi connectivity index (χ0n) is 34.0. The van der Waals surface area contributed by atoms with Crippen molar-refractivity contribution in [2.75, 3.05) is 48.5 Å². The maximum absolute atomic E-state index is 10.7. The Balaban J connectivity index is 2.94. The zero-order chi connectivity index (χ0) is 37.3. The van der Waals surface area contributed by atoms with Crippen molar-refractivity contribution in [3.05, 3.63) is 47.5 Å². The maximum Gasteiger partial charge on any atom is 0.161 e. The lowest BCUT2D eigenvalue weighted by Crippen LogP contribution is -2.32. The number of hydrogen-bond acceptors (Lipinski definition) is 6. The smallest absolute Gasteiger partial charge is 0.161 e. The summed E-state index contributed by atoms with van der Waals surface area (Å²) in [6.07, 6.45) is -8.43. The van der Waals surface area contributed by atoms with Gasteiger partial charge in [0.1, 0.15) is 0 Å². The van der Waals surface area contributed by atoms with Crippen LogP contribution in [0.15, 0.2) is 36.4 Å². The summed E-state index contributed by atoms with van der Waals surface area (Å²) in [5, 5.41) is 10.7. The van der Waals surface area contributed by atoms with Crippen LogP contribution in [-0.4, -0.2) is 53.4 Å². The molecule has 0 aliphatic rings. The van der Waals surface area contributed by atoms with Gasteiger partial charge in [-0.25, -0.2) is 0 Å². The van der Waals surface area contributed by atoms with Crippen LogP contribution in [0.3, 0.4) is 0 Å². The molecule has 6 nitrogen and oxygen atoms in total. The number of likely N-dealkylation sites (N-methyl/N-ethyl adjacent to an activating group) is 1. The Morgan fingerprint density at radius 1 is 0.970 bits per heavy atom. The van der Waals surface area contributed by atoms with E-state index in [-0.39, 0.29) is 28.6 Å². The highest BCUT2D eigenvalue weighted by Gasteiger charge is 2.36. The first-order valence-corrected chi connectivity index (χ1v) is 9.88. The third-order valence-electron chi connectivity index (χ3n) is 4.97. The van der Waals surface area contributed by atoms with Crippen molar-refractivity contribution in [2.24, 2.45) is 5.92 Å². The van der Waals surface area contributed by atoms with Crippen molar-refractivity contribution in [1.82, 2.24) is 4.90 Å². The molecule has 180 valence electrons. The second-order valence-corrected chi connectivity index (χ2v) is 6.88. The minimum absolute atomic E-state index is 0.00930. The van der Waals surface area contributed by atoms with Crippen molar-refractivity contribution in [1.29, 1.82) is 5.26 Å². The fourth-order valence-corrected chi connectivity index (χ4v) is 3.08. The van der Waals surface area contributed by atoms with E-state index in [0.29, 0.717) is 11.3 Å². The first-order valence-electron chi connectivity index (χ1n) is 17.4. The van der Waals surface area contributed by atoms with Crippen LogP contribution >= 0.6 is 0 Å². The highest BCUT2D eigenvalue weighted by molar-refractivity contribution is 5.47. The van der Waals surface area contributed by atoms with Gasteiger partial charge in [0.25, 0.3) is 0 Å². The third kappa shape index (κ3) is 6.33. The van der Waals surface area contributed by atoms with Crippen LogP contribution in [0.4, 0.5) is 0 Å². The average Bonchev–Trinajstić information content (AvgIpc) is 2.96. The van der Waals surface area contributed by atoms with E-state index >= 15 is 0 Å². The molecule has 0 saturated carbocycles. The third-order valence-corrected chi connectivity index (χ3v) is 4.97. The molecule has 0 saturated heterocycles. The van der Waals surface area contributed by atoms with Crippen molar-refractivity contribution < 1.29 is 39.5 Å². The number of methoxy groups -OCH3 is 4. The molecule has 0 aliphatic heterocycles. The molecule has 33 heavy (non-hydrogen) atoms. The number of nitriles is 1. The molecule has 2 aromatic carbocycles. The monoisotopic (exact) mass is 469 g/mol. The topological polar surface area (TPSA) is 64.0 Å². The molecule has 2 rings (SSSR count). The number of rotatable bonds is 13. The second kappa shape index (κ2) is 12.4. The Bertz CT molecular complexity index is 1450. The zero-order valence-corrected chi connectivity index (χ0v) is 19.0. The van der Waals surface area contributed by atoms with Crippen LogP contribution in [0.5, 0.6) is 23.0 Å². The molecule has 0 heterocycles. The van der Waals surface area contributed by atoms with E-state index in [1.165, 1.54) is 45.6 Å². The van der Waals surface area contributed by atoms with Gasteiger partial charge in [0.05, 0.1) is 39.9 Å². The Morgan fingerprint density at radius 3 is 2.18 bits per heavy atom. The van der Waals surface area contributed by atoms with Crippen molar-refractivity contribution in [3.8, 4) is 29.1 Å². The summed E-state index contributed by atoms with van der Waals surface area (Å²) in [7, 11) is 5.14. The largest absolute Gasteiger partial charge is 0.493 e. The quantitative estimate of drug-likeness (QED) is 0.407. The van der Waals surface area contributed by atoms with Gasteiger partial charge >= 0.3 is 0 Å². The Morgan fingerprint density at radius 2 is 1.61 bits per heavy atom. The van der Waals surface area contributed by atoms with Gasteiger partial charge < -0.3 is 23.8 Å². The molecule has 0 amide bonds. The van der Waals surface area contributed by atoms with Crippen LogP contribution in [0.2, 0.25) is 0 Å². The molecule has 1 unspecified atom stereocenters. The number of ether oxygens (including phenoxy) is 4. The van der Waals surface area contributed by atoms with E-state index in [9.17, 15) is 5.26 Å². The normalized spacial score (nSPS) is 22.0. The fourth-order valence-electron chi connectivity index (χ4n) is 3.08. The van der Waals surface area contributed by atoms with Crippen LogP contribution in [0, 0.1) is 17.2 Å². The Hall–Kier alpha value is -2.91. The van der Waals surface area contributed by atoms with E-state index < -0.39 is 63.4 Å². The van der Waals surface area contributed by atoms with Gasteiger partial charge in [-0.15, -0.1) is 0 Å². The van der Waals surface area contributed by atoms with Crippen molar-refractivity contribution in [3.63, 3.8) is 0 Å². The van der Waals surface area contributed by atoms with Gasteiger partial charge in [-0.2, -0.15) is 5.26 Å². The van der Waals surface area contributed by atoms with Crippen LogP contribution in [0.1, 0.15) is 58.1 Å². The summed E-state index contributed by atoms with van der Waals surface area (Å²) in [4.78, 5) is 0.0744. The molecule has 0 aliphatic carbocycles. The number of hydrogen-bond donors (Lipinski definition) is 0. The van der Waals surface area contributed by atoms with Crippen LogP contribution < -0.4 is 18.9 Å². The SMILES string of the molecule is [2H]C([2H])([2H])C(C([2H])([2H])[2H])C(C#N)(c1ccc(OC)c(OC)c1)C([2H])([2H])C([2H])([2H])C([2H])([2H])N(CCc1ccc(OC)c(OC)c1)C([2H])([2H])[2H]. The lowest BCUT2D eigenvalue weighted by molar-refractivity contribution is 0.292. The number of nitrogens with zero attached hydrogens (tertiary/aromatic N) is 2. The lowest BCUT2D eigenvalue weighted by Gasteiger charge is -2.32. The van der Waals surface area contributed by atoms with Gasteiger partial charge in [-0.05, 0) is 73.9 Å². The molecule has 1 atom stereocenters. The summed E-state index contributed by atoms with van der Waals surface area (Å²) < 4.78 is 148. The molecular formula is C27H38N2O4. The van der Waals surface area contributed by atoms with Gasteiger partial charge in [0.15, 0.2) is 23.0 Å². The first kappa shape index (κ1) is 12.0.